The Hall–Kier alpha value is -1.36. The largest absolute Gasteiger partial charge is 0.207 e. The van der Waals surface area contributed by atoms with Gasteiger partial charge in [0, 0.05) is 5.92 Å². The van der Waals surface area contributed by atoms with Crippen LogP contribution in [0.25, 0.3) is 0 Å². The topological polar surface area (TPSA) is 23.8 Å². The van der Waals surface area contributed by atoms with E-state index in [4.69, 9.17) is 5.26 Å². The molecule has 0 radical (unpaired) electrons. The van der Waals surface area contributed by atoms with Gasteiger partial charge in [-0.2, -0.15) is 5.26 Å². The normalized spacial score (nSPS) is 26.3. The van der Waals surface area contributed by atoms with Crippen LogP contribution in [0.5, 0.6) is 0 Å². The Kier molecular flexibility index (Phi) is 1.58. The first-order chi connectivity index (χ1) is 5.81. The van der Waals surface area contributed by atoms with Crippen LogP contribution < -0.4 is 0 Å². The van der Waals surface area contributed by atoms with Gasteiger partial charge in [-0.25, -0.2) is 4.39 Å². The zero-order valence-electron chi connectivity index (χ0n) is 6.50. The second-order valence-electron chi connectivity index (χ2n) is 3.13. The van der Waals surface area contributed by atoms with Crippen LogP contribution in [0.15, 0.2) is 24.3 Å². The van der Waals surface area contributed by atoms with Crippen molar-refractivity contribution in [3.8, 4) is 6.07 Å². The predicted octanol–water partition coefficient (Wildman–Crippen LogP) is 2.45. The first-order valence-corrected chi connectivity index (χ1v) is 3.96. The summed E-state index contributed by atoms with van der Waals surface area (Å²) in [6.45, 7) is 0. The van der Waals surface area contributed by atoms with Crippen molar-refractivity contribution in [2.24, 2.45) is 5.92 Å². The summed E-state index contributed by atoms with van der Waals surface area (Å²) in [6.07, 6.45) is 0.933. The van der Waals surface area contributed by atoms with Crippen LogP contribution in [0.2, 0.25) is 0 Å². The van der Waals surface area contributed by atoms with Gasteiger partial charge in [0.1, 0.15) is 5.82 Å². The number of rotatable bonds is 1. The summed E-state index contributed by atoms with van der Waals surface area (Å²) < 4.78 is 12.5. The van der Waals surface area contributed by atoms with Crippen LogP contribution in [-0.4, -0.2) is 0 Å². The van der Waals surface area contributed by atoms with Crippen LogP contribution in [0.1, 0.15) is 17.9 Å². The maximum absolute atomic E-state index is 12.5. The molecule has 0 aliphatic heterocycles. The maximum Gasteiger partial charge on any atom is 0.123 e. The third kappa shape index (κ3) is 1.18. The molecular formula is C10H8FN. The quantitative estimate of drug-likeness (QED) is 0.620. The Morgan fingerprint density at radius 1 is 1.33 bits per heavy atom. The molecule has 1 saturated carbocycles. The molecular weight excluding hydrogens is 153 g/mol. The Balaban J connectivity index is 2.17. The molecule has 1 aliphatic carbocycles. The SMILES string of the molecule is N#C[C@@H]1C[C@H]1c1ccc(F)cc1. The average molecular weight is 161 g/mol. The van der Waals surface area contributed by atoms with E-state index in [1.807, 2.05) is 0 Å². The summed E-state index contributed by atoms with van der Waals surface area (Å²) in [5, 5.41) is 8.57. The van der Waals surface area contributed by atoms with Gasteiger partial charge >= 0.3 is 0 Å². The summed E-state index contributed by atoms with van der Waals surface area (Å²) in [5.74, 6) is 0.305. The zero-order chi connectivity index (χ0) is 8.55. The fraction of sp³-hybridized carbons (Fsp3) is 0.300. The monoisotopic (exact) mass is 161 g/mol. The van der Waals surface area contributed by atoms with Gasteiger partial charge in [-0.1, -0.05) is 12.1 Å². The van der Waals surface area contributed by atoms with Crippen molar-refractivity contribution in [1.82, 2.24) is 0 Å². The van der Waals surface area contributed by atoms with Gasteiger partial charge in [0.05, 0.1) is 12.0 Å². The van der Waals surface area contributed by atoms with Crippen LogP contribution >= 0.6 is 0 Å². The van der Waals surface area contributed by atoms with Crippen molar-refractivity contribution in [2.75, 3.05) is 0 Å². The number of nitriles is 1. The molecule has 0 unspecified atom stereocenters. The van der Waals surface area contributed by atoms with Gasteiger partial charge in [0.25, 0.3) is 0 Å². The third-order valence-electron chi connectivity index (χ3n) is 2.25. The van der Waals surface area contributed by atoms with Gasteiger partial charge < -0.3 is 0 Å². The van der Waals surface area contributed by atoms with E-state index in [0.29, 0.717) is 5.92 Å². The van der Waals surface area contributed by atoms with E-state index < -0.39 is 0 Å². The zero-order valence-corrected chi connectivity index (χ0v) is 6.50. The van der Waals surface area contributed by atoms with E-state index in [1.165, 1.54) is 12.1 Å². The van der Waals surface area contributed by atoms with E-state index in [-0.39, 0.29) is 11.7 Å². The van der Waals surface area contributed by atoms with Crippen molar-refractivity contribution in [3.05, 3.63) is 35.6 Å². The molecule has 0 amide bonds. The van der Waals surface area contributed by atoms with E-state index >= 15 is 0 Å². The Morgan fingerprint density at radius 3 is 2.50 bits per heavy atom. The highest BCUT2D eigenvalue weighted by Gasteiger charge is 2.38. The predicted molar refractivity (Wildman–Crippen MR) is 42.9 cm³/mol. The van der Waals surface area contributed by atoms with Gasteiger partial charge in [-0.3, -0.25) is 0 Å². The molecule has 0 saturated heterocycles. The summed E-state index contributed by atoms with van der Waals surface area (Å²) in [5.41, 5.74) is 1.09. The molecule has 1 nitrogen and oxygen atoms in total. The van der Waals surface area contributed by atoms with E-state index in [0.717, 1.165) is 12.0 Å². The van der Waals surface area contributed by atoms with Crippen LogP contribution in [0.4, 0.5) is 4.39 Å². The van der Waals surface area contributed by atoms with Crippen LogP contribution in [-0.2, 0) is 0 Å². The van der Waals surface area contributed by atoms with Crippen LogP contribution in [0, 0.1) is 23.1 Å². The lowest BCUT2D eigenvalue weighted by atomic mass is 10.1. The number of hydrogen-bond donors (Lipinski definition) is 0. The van der Waals surface area contributed by atoms with E-state index in [9.17, 15) is 4.39 Å². The third-order valence-corrected chi connectivity index (χ3v) is 2.25. The average Bonchev–Trinajstić information content (AvgIpc) is 2.85. The lowest BCUT2D eigenvalue weighted by Gasteiger charge is -1.95. The number of halogens is 1. The van der Waals surface area contributed by atoms with Gasteiger partial charge in [-0.15, -0.1) is 0 Å². The fourth-order valence-electron chi connectivity index (χ4n) is 1.42. The molecule has 12 heavy (non-hydrogen) atoms. The molecule has 0 bridgehead atoms. The lowest BCUT2D eigenvalue weighted by molar-refractivity contribution is 0.627. The molecule has 2 atom stereocenters. The summed E-state index contributed by atoms with van der Waals surface area (Å²) in [6, 6.07) is 8.62. The first kappa shape index (κ1) is 7.30. The lowest BCUT2D eigenvalue weighted by Crippen LogP contribution is -1.81. The molecule has 1 aromatic carbocycles. The number of benzene rings is 1. The standard InChI is InChI=1S/C10H8FN/c11-9-3-1-7(2-4-9)10-5-8(10)6-12/h1-4,8,10H,5H2/t8-,10-/m0/s1. The highest BCUT2D eigenvalue weighted by Crippen LogP contribution is 2.46. The number of hydrogen-bond acceptors (Lipinski definition) is 1. The van der Waals surface area contributed by atoms with E-state index in [1.54, 1.807) is 12.1 Å². The molecule has 1 aromatic rings. The fourth-order valence-corrected chi connectivity index (χ4v) is 1.42. The molecule has 1 fully saturated rings. The summed E-state index contributed by atoms with van der Waals surface area (Å²) in [7, 11) is 0. The molecule has 60 valence electrons. The van der Waals surface area contributed by atoms with Crippen LogP contribution in [0.3, 0.4) is 0 Å². The minimum absolute atomic E-state index is 0.162. The van der Waals surface area contributed by atoms with E-state index in [2.05, 4.69) is 6.07 Å². The molecule has 0 heterocycles. The second-order valence-corrected chi connectivity index (χ2v) is 3.13. The molecule has 0 N–H and O–H groups in total. The van der Waals surface area contributed by atoms with Gasteiger partial charge in [0.15, 0.2) is 0 Å². The molecule has 0 aromatic heterocycles. The summed E-state index contributed by atoms with van der Waals surface area (Å²) >= 11 is 0. The van der Waals surface area contributed by atoms with Crippen molar-refractivity contribution in [1.29, 1.82) is 5.26 Å². The minimum atomic E-state index is -0.215. The maximum atomic E-state index is 12.5. The van der Waals surface area contributed by atoms with Gasteiger partial charge in [0.2, 0.25) is 0 Å². The van der Waals surface area contributed by atoms with Crippen molar-refractivity contribution in [2.45, 2.75) is 12.3 Å². The Bertz CT molecular complexity index is 323. The Morgan fingerprint density at radius 2 is 2.00 bits per heavy atom. The molecule has 2 heteroatoms. The molecule has 2 rings (SSSR count). The minimum Gasteiger partial charge on any atom is -0.207 e. The van der Waals surface area contributed by atoms with Crippen molar-refractivity contribution < 1.29 is 4.39 Å². The first-order valence-electron chi connectivity index (χ1n) is 3.96. The highest BCUT2D eigenvalue weighted by molar-refractivity contribution is 5.29. The van der Waals surface area contributed by atoms with Crippen molar-refractivity contribution in [3.63, 3.8) is 0 Å². The highest BCUT2D eigenvalue weighted by atomic mass is 19.1. The molecule has 1 aliphatic rings. The summed E-state index contributed by atoms with van der Waals surface area (Å²) in [4.78, 5) is 0. The van der Waals surface area contributed by atoms with Gasteiger partial charge in [-0.05, 0) is 24.1 Å². The number of nitrogens with zero attached hydrogens (tertiary/aromatic N) is 1. The second kappa shape index (κ2) is 2.60. The smallest absolute Gasteiger partial charge is 0.123 e. The Labute approximate surface area is 70.4 Å². The van der Waals surface area contributed by atoms with Crippen molar-refractivity contribution >= 4 is 0 Å². The molecule has 0 spiro atoms.